The minimum atomic E-state index is -1.02. The Bertz CT molecular complexity index is 2660. The van der Waals surface area contributed by atoms with Gasteiger partial charge >= 0.3 is 11.9 Å². The van der Waals surface area contributed by atoms with Crippen molar-refractivity contribution in [3.05, 3.63) is 227 Å². The maximum atomic E-state index is 11.4. The van der Waals surface area contributed by atoms with Crippen molar-refractivity contribution in [3.63, 3.8) is 0 Å². The van der Waals surface area contributed by atoms with E-state index in [0.29, 0.717) is 21.1 Å². The molecule has 280 valence electrons. The monoisotopic (exact) mass is 791 g/mol. The highest BCUT2D eigenvalue weighted by atomic mass is 32.1. The summed E-state index contributed by atoms with van der Waals surface area (Å²) >= 11 is 2.14. The third-order valence-corrected chi connectivity index (χ3v) is 11.4. The van der Waals surface area contributed by atoms with Gasteiger partial charge in [0.2, 0.25) is 11.4 Å². The Kier molecular flexibility index (Phi) is 11.7. The van der Waals surface area contributed by atoms with Crippen LogP contribution in [0.2, 0.25) is 0 Å². The van der Waals surface area contributed by atoms with E-state index in [1.54, 1.807) is 24.3 Å². The Hall–Kier alpha value is -7.56. The molecule has 0 aliphatic heterocycles. The highest BCUT2D eigenvalue weighted by Crippen LogP contribution is 2.37. The van der Waals surface area contributed by atoms with Crippen LogP contribution >= 0.6 is 22.7 Å². The van der Waals surface area contributed by atoms with Crippen molar-refractivity contribution in [2.75, 3.05) is 4.90 Å². The van der Waals surface area contributed by atoms with Gasteiger partial charge in [0.15, 0.2) is 0 Å². The molecule has 5 aromatic carbocycles. The summed E-state index contributed by atoms with van der Waals surface area (Å²) < 4.78 is 0. The first-order valence-electron chi connectivity index (χ1n) is 18.0. The van der Waals surface area contributed by atoms with Crippen LogP contribution in [0.15, 0.2) is 152 Å². The van der Waals surface area contributed by atoms with E-state index in [2.05, 4.69) is 88.3 Å². The summed E-state index contributed by atoms with van der Waals surface area (Å²) in [5, 5.41) is 18.7. The molecule has 0 fully saturated rings. The number of aryl methyl sites for hydroxylation is 1. The van der Waals surface area contributed by atoms with Gasteiger partial charge in [-0.1, -0.05) is 109 Å². The van der Waals surface area contributed by atoms with Crippen molar-refractivity contribution in [2.24, 2.45) is 0 Å². The standard InChI is InChI=1S/C49H33N3O4S2/c1-32-9-17-37(18-10-32)41(36-7-5-4-6-8-36)29-33-11-19-38(20-12-33)52(39-21-13-34(14-22-39)30-42(50-2)44-25-27-46(57-44)48(53)54)40-23-15-35(16-24-40)31-43(51-3)45-26-28-47(58-45)49(55)56/h4-31H,1H3,(H,53,54)(H,55,56)/b41-29+,42-30-,43-31-. The summed E-state index contributed by atoms with van der Waals surface area (Å²) in [4.78, 5) is 33.9. The van der Waals surface area contributed by atoms with Crippen molar-refractivity contribution in [3.8, 4) is 0 Å². The fraction of sp³-hybridized carbons (Fsp3) is 0.0204. The van der Waals surface area contributed by atoms with Gasteiger partial charge in [-0.2, -0.15) is 0 Å². The van der Waals surface area contributed by atoms with E-state index in [9.17, 15) is 19.8 Å². The number of carbonyl (C=O) groups is 2. The van der Waals surface area contributed by atoms with E-state index in [-0.39, 0.29) is 9.75 Å². The topological polar surface area (TPSA) is 86.6 Å². The number of hydrogen-bond acceptors (Lipinski definition) is 5. The molecule has 2 aromatic heterocycles. The van der Waals surface area contributed by atoms with Gasteiger partial charge in [-0.3, -0.25) is 0 Å². The number of carboxylic acid groups (broad SMARTS) is 2. The molecule has 58 heavy (non-hydrogen) atoms. The van der Waals surface area contributed by atoms with Gasteiger partial charge < -0.3 is 15.1 Å². The number of benzene rings is 5. The van der Waals surface area contributed by atoms with Crippen LogP contribution in [0.4, 0.5) is 17.1 Å². The molecule has 0 aliphatic carbocycles. The Morgan fingerprint density at radius 1 is 0.500 bits per heavy atom. The van der Waals surface area contributed by atoms with Crippen LogP contribution < -0.4 is 4.90 Å². The lowest BCUT2D eigenvalue weighted by atomic mass is 9.95. The number of rotatable bonds is 12. The fourth-order valence-corrected chi connectivity index (χ4v) is 7.88. The zero-order valence-electron chi connectivity index (χ0n) is 31.0. The molecule has 0 bridgehead atoms. The first kappa shape index (κ1) is 38.7. The summed E-state index contributed by atoms with van der Waals surface area (Å²) in [5.74, 6) is -2.05. The van der Waals surface area contributed by atoms with Crippen LogP contribution in [0.3, 0.4) is 0 Å². The van der Waals surface area contributed by atoms with Crippen molar-refractivity contribution in [2.45, 2.75) is 6.92 Å². The quantitative estimate of drug-likeness (QED) is 0.0951. The van der Waals surface area contributed by atoms with E-state index in [4.69, 9.17) is 13.1 Å². The number of thiophene rings is 2. The van der Waals surface area contributed by atoms with Crippen LogP contribution in [0.25, 0.3) is 44.9 Å². The molecule has 7 aromatic rings. The molecule has 0 amide bonds. The molecule has 0 atom stereocenters. The second-order valence-corrected chi connectivity index (χ2v) is 15.3. The van der Waals surface area contributed by atoms with Crippen molar-refractivity contribution in [1.29, 1.82) is 0 Å². The molecule has 0 radical (unpaired) electrons. The first-order chi connectivity index (χ1) is 28.2. The molecule has 7 rings (SSSR count). The average Bonchev–Trinajstić information content (AvgIpc) is 3.96. The summed E-state index contributed by atoms with van der Waals surface area (Å²) in [6.07, 6.45) is 5.70. The normalized spacial score (nSPS) is 11.7. The molecule has 0 aliphatic rings. The van der Waals surface area contributed by atoms with Gasteiger partial charge in [-0.25, -0.2) is 19.3 Å². The minimum absolute atomic E-state index is 0.175. The minimum Gasteiger partial charge on any atom is -0.477 e. The average molecular weight is 792 g/mol. The smallest absolute Gasteiger partial charge is 0.345 e. The Morgan fingerprint density at radius 2 is 0.879 bits per heavy atom. The van der Waals surface area contributed by atoms with E-state index in [1.165, 1.54) is 17.7 Å². The summed E-state index contributed by atoms with van der Waals surface area (Å²) in [7, 11) is 0. The molecule has 7 nitrogen and oxygen atoms in total. The number of hydrogen-bond donors (Lipinski definition) is 2. The van der Waals surface area contributed by atoms with Gasteiger partial charge in [-0.05, 0) is 107 Å². The molecule has 2 N–H and O–H groups in total. The summed E-state index contributed by atoms with van der Waals surface area (Å²) in [6.45, 7) is 17.6. The van der Waals surface area contributed by atoms with Gasteiger partial charge in [-0.15, -0.1) is 22.7 Å². The molecule has 2 heterocycles. The van der Waals surface area contributed by atoms with Crippen LogP contribution in [-0.2, 0) is 0 Å². The van der Waals surface area contributed by atoms with Crippen LogP contribution in [0.5, 0.6) is 0 Å². The van der Waals surface area contributed by atoms with Gasteiger partial charge in [0, 0.05) is 26.8 Å². The highest BCUT2D eigenvalue weighted by molar-refractivity contribution is 7.15. The Balaban J connectivity index is 1.25. The summed E-state index contributed by atoms with van der Waals surface area (Å²) in [5.41, 5.74) is 10.5. The molecule has 0 saturated heterocycles. The molecule has 0 saturated carbocycles. The van der Waals surface area contributed by atoms with Crippen molar-refractivity contribution < 1.29 is 19.8 Å². The number of nitrogens with zero attached hydrogens (tertiary/aromatic N) is 3. The van der Waals surface area contributed by atoms with Gasteiger partial charge in [0.05, 0.1) is 13.1 Å². The number of anilines is 3. The lowest BCUT2D eigenvalue weighted by Gasteiger charge is -2.26. The molecule has 9 heteroatoms. The lowest BCUT2D eigenvalue weighted by molar-refractivity contribution is 0.0691. The Morgan fingerprint density at radius 3 is 1.26 bits per heavy atom. The summed E-state index contributed by atoms with van der Waals surface area (Å²) in [6, 6.07) is 49.1. The van der Waals surface area contributed by atoms with Crippen LogP contribution in [0, 0.1) is 20.1 Å². The van der Waals surface area contributed by atoms with E-state index >= 15 is 0 Å². The van der Waals surface area contributed by atoms with Gasteiger partial charge in [0.1, 0.15) is 9.75 Å². The second kappa shape index (κ2) is 17.5. The largest absolute Gasteiger partial charge is 0.477 e. The third kappa shape index (κ3) is 8.94. The van der Waals surface area contributed by atoms with Crippen molar-refractivity contribution in [1.82, 2.24) is 0 Å². The van der Waals surface area contributed by atoms with E-state index in [0.717, 1.165) is 73.1 Å². The lowest BCUT2D eigenvalue weighted by Crippen LogP contribution is -2.09. The zero-order valence-corrected chi connectivity index (χ0v) is 32.7. The zero-order chi connectivity index (χ0) is 40.6. The number of aromatic carboxylic acids is 2. The number of carboxylic acids is 2. The molecular formula is C49H33N3O4S2. The fourth-order valence-electron chi connectivity index (χ4n) is 6.27. The second-order valence-electron chi connectivity index (χ2n) is 13.1. The predicted octanol–water partition coefficient (Wildman–Crippen LogP) is 13.4. The highest BCUT2D eigenvalue weighted by Gasteiger charge is 2.16. The Labute approximate surface area is 344 Å². The molecular weight excluding hydrogens is 759 g/mol. The molecule has 0 unspecified atom stereocenters. The third-order valence-electron chi connectivity index (χ3n) is 9.20. The SMILES string of the molecule is [C-]#[N+]/C(=C\c1ccc(N(c2ccc(/C=C(\[N+]#[C-])c3ccc(C(=O)O)s3)cc2)c2ccc(/C=C(\c3ccccc3)c3ccc(C)cc3)cc2)cc1)c1ccc(C(=O)O)s1. The van der Waals surface area contributed by atoms with Gasteiger partial charge in [0.25, 0.3) is 0 Å². The molecule has 0 spiro atoms. The predicted molar refractivity (Wildman–Crippen MR) is 237 cm³/mol. The van der Waals surface area contributed by atoms with E-state index in [1.807, 2.05) is 66.7 Å². The van der Waals surface area contributed by atoms with Crippen LogP contribution in [-0.4, -0.2) is 22.2 Å². The van der Waals surface area contributed by atoms with Crippen molar-refractivity contribution >= 4 is 86.9 Å². The maximum Gasteiger partial charge on any atom is 0.345 e. The van der Waals surface area contributed by atoms with E-state index < -0.39 is 11.9 Å². The maximum absolute atomic E-state index is 11.4. The first-order valence-corrected chi connectivity index (χ1v) is 19.6. The van der Waals surface area contributed by atoms with Crippen LogP contribution in [0.1, 0.15) is 62.5 Å².